The zero-order chi connectivity index (χ0) is 19.7. The third kappa shape index (κ3) is 4.10. The highest BCUT2D eigenvalue weighted by atomic mass is 32.1. The van der Waals surface area contributed by atoms with Crippen molar-refractivity contribution < 1.29 is 13.9 Å². The first-order valence-electron chi connectivity index (χ1n) is 9.02. The molecule has 4 heterocycles. The zero-order valence-electron chi connectivity index (χ0n) is 15.6. The number of rotatable bonds is 5. The maximum absolute atomic E-state index is 14.1. The zero-order valence-corrected chi connectivity index (χ0v) is 16.4. The molecule has 1 aliphatic heterocycles. The van der Waals surface area contributed by atoms with Gasteiger partial charge in [-0.15, -0.1) is 0 Å². The van der Waals surface area contributed by atoms with Gasteiger partial charge in [0.25, 0.3) is 0 Å². The standard InChI is InChI=1S/C19H20FN5O2S/c1-11-7-14(27-17-4-3-13-8-21-6-5-15(13)23-17)9-25(11)10-16-18(20)24-19(28-16)22-12(2)26/h3-6,8,11,14H,7,9-10H2,1-2H3,(H,22,24,26). The molecule has 3 aromatic rings. The molecule has 7 nitrogen and oxygen atoms in total. The molecular formula is C19H20FN5O2S. The number of likely N-dealkylation sites (tertiary alicyclic amines) is 1. The second-order valence-electron chi connectivity index (χ2n) is 6.89. The van der Waals surface area contributed by atoms with Gasteiger partial charge in [-0.3, -0.25) is 14.7 Å². The summed E-state index contributed by atoms with van der Waals surface area (Å²) in [5, 5.41) is 3.78. The van der Waals surface area contributed by atoms with E-state index in [1.165, 1.54) is 6.92 Å². The number of amides is 1. The number of aromatic nitrogens is 3. The van der Waals surface area contributed by atoms with E-state index in [0.29, 0.717) is 23.8 Å². The normalized spacial score (nSPS) is 19.8. The Morgan fingerprint density at radius 1 is 1.39 bits per heavy atom. The van der Waals surface area contributed by atoms with Gasteiger partial charge in [-0.1, -0.05) is 11.3 Å². The molecule has 4 rings (SSSR count). The van der Waals surface area contributed by atoms with Crippen LogP contribution in [-0.4, -0.2) is 44.4 Å². The predicted octanol–water partition coefficient (Wildman–Crippen LogP) is 3.23. The first kappa shape index (κ1) is 18.7. The Morgan fingerprint density at radius 3 is 3.07 bits per heavy atom. The molecule has 0 saturated carbocycles. The molecule has 2 atom stereocenters. The average molecular weight is 401 g/mol. The number of nitrogens with one attached hydrogen (secondary N) is 1. The summed E-state index contributed by atoms with van der Waals surface area (Å²) in [6.45, 7) is 4.57. The van der Waals surface area contributed by atoms with Crippen LogP contribution in [0.5, 0.6) is 5.88 Å². The van der Waals surface area contributed by atoms with E-state index in [-0.39, 0.29) is 23.2 Å². The molecule has 0 bridgehead atoms. The summed E-state index contributed by atoms with van der Waals surface area (Å²) in [7, 11) is 0. The lowest BCUT2D eigenvalue weighted by Gasteiger charge is -2.19. The fraction of sp³-hybridized carbons (Fsp3) is 0.368. The van der Waals surface area contributed by atoms with Crippen LogP contribution in [-0.2, 0) is 11.3 Å². The van der Waals surface area contributed by atoms with Crippen LogP contribution >= 0.6 is 11.3 Å². The molecule has 1 amide bonds. The lowest BCUT2D eigenvalue weighted by atomic mass is 10.2. The molecule has 1 saturated heterocycles. The van der Waals surface area contributed by atoms with Crippen LogP contribution in [0.3, 0.4) is 0 Å². The Hall–Kier alpha value is -2.65. The van der Waals surface area contributed by atoms with E-state index < -0.39 is 5.95 Å². The van der Waals surface area contributed by atoms with Gasteiger partial charge in [0.05, 0.1) is 10.4 Å². The minimum absolute atomic E-state index is 0.0208. The van der Waals surface area contributed by atoms with E-state index in [9.17, 15) is 9.18 Å². The summed E-state index contributed by atoms with van der Waals surface area (Å²) in [5.74, 6) is -0.216. The van der Waals surface area contributed by atoms with Gasteiger partial charge in [-0.05, 0) is 19.1 Å². The summed E-state index contributed by atoms with van der Waals surface area (Å²) in [6.07, 6.45) is 4.28. The van der Waals surface area contributed by atoms with Gasteiger partial charge in [-0.25, -0.2) is 4.98 Å². The average Bonchev–Trinajstić information content (AvgIpc) is 3.16. The number of hydrogen-bond acceptors (Lipinski definition) is 7. The summed E-state index contributed by atoms with van der Waals surface area (Å²) in [6, 6.07) is 5.88. The number of carbonyl (C=O) groups excluding carboxylic acids is 1. The van der Waals surface area contributed by atoms with Gasteiger partial charge in [0.1, 0.15) is 6.10 Å². The minimum Gasteiger partial charge on any atom is -0.473 e. The SMILES string of the molecule is CC(=O)Nc1nc(F)c(CN2CC(Oc3ccc4cnccc4n3)CC2C)s1. The highest BCUT2D eigenvalue weighted by molar-refractivity contribution is 7.15. The first-order valence-corrected chi connectivity index (χ1v) is 9.84. The molecule has 3 aromatic heterocycles. The fourth-order valence-electron chi connectivity index (χ4n) is 3.35. The molecule has 2 unspecified atom stereocenters. The van der Waals surface area contributed by atoms with E-state index >= 15 is 0 Å². The molecular weight excluding hydrogens is 381 g/mol. The number of hydrogen-bond donors (Lipinski definition) is 1. The number of anilines is 1. The van der Waals surface area contributed by atoms with Gasteiger partial charge in [0, 0.05) is 56.3 Å². The second-order valence-corrected chi connectivity index (χ2v) is 7.97. The molecule has 0 spiro atoms. The molecule has 0 aromatic carbocycles. The third-order valence-corrected chi connectivity index (χ3v) is 5.63. The Morgan fingerprint density at radius 2 is 2.25 bits per heavy atom. The van der Waals surface area contributed by atoms with Crippen LogP contribution in [0, 0.1) is 5.95 Å². The van der Waals surface area contributed by atoms with Crippen molar-refractivity contribution in [3.8, 4) is 5.88 Å². The van der Waals surface area contributed by atoms with E-state index in [0.717, 1.165) is 28.7 Å². The number of ether oxygens (including phenoxy) is 1. The fourth-order valence-corrected chi connectivity index (χ4v) is 4.27. The Balaban J connectivity index is 1.41. The molecule has 146 valence electrons. The molecule has 1 aliphatic rings. The van der Waals surface area contributed by atoms with Crippen LogP contribution in [0.2, 0.25) is 0 Å². The summed E-state index contributed by atoms with van der Waals surface area (Å²) in [5.41, 5.74) is 0.840. The maximum atomic E-state index is 14.1. The van der Waals surface area contributed by atoms with Crippen LogP contribution in [0.1, 0.15) is 25.1 Å². The Labute approximate surface area is 165 Å². The van der Waals surface area contributed by atoms with Gasteiger partial charge in [0.15, 0.2) is 5.13 Å². The van der Waals surface area contributed by atoms with Crippen molar-refractivity contribution in [2.24, 2.45) is 0 Å². The van der Waals surface area contributed by atoms with Gasteiger partial charge in [-0.2, -0.15) is 9.37 Å². The van der Waals surface area contributed by atoms with E-state index in [2.05, 4.69) is 32.1 Å². The third-order valence-electron chi connectivity index (χ3n) is 4.70. The number of pyridine rings is 2. The minimum atomic E-state index is -0.532. The van der Waals surface area contributed by atoms with Crippen molar-refractivity contribution in [2.45, 2.75) is 39.0 Å². The molecule has 28 heavy (non-hydrogen) atoms. The molecule has 1 fully saturated rings. The van der Waals surface area contributed by atoms with Crippen molar-refractivity contribution in [1.29, 1.82) is 0 Å². The topological polar surface area (TPSA) is 80.2 Å². The number of carbonyl (C=O) groups is 1. The number of nitrogens with zero attached hydrogens (tertiary/aromatic N) is 4. The van der Waals surface area contributed by atoms with E-state index in [1.807, 2.05) is 18.2 Å². The van der Waals surface area contributed by atoms with Gasteiger partial charge in [0.2, 0.25) is 17.7 Å². The second kappa shape index (κ2) is 7.76. The molecule has 9 heteroatoms. The van der Waals surface area contributed by atoms with Crippen LogP contribution < -0.4 is 10.1 Å². The van der Waals surface area contributed by atoms with Gasteiger partial charge < -0.3 is 10.1 Å². The van der Waals surface area contributed by atoms with E-state index in [1.54, 1.807) is 12.4 Å². The smallest absolute Gasteiger partial charge is 0.230 e. The summed E-state index contributed by atoms with van der Waals surface area (Å²) >= 11 is 1.16. The number of fused-ring (bicyclic) bond motifs is 1. The van der Waals surface area contributed by atoms with Crippen molar-refractivity contribution >= 4 is 33.3 Å². The molecule has 1 N–H and O–H groups in total. The van der Waals surface area contributed by atoms with Crippen molar-refractivity contribution in [2.75, 3.05) is 11.9 Å². The predicted molar refractivity (Wildman–Crippen MR) is 105 cm³/mol. The maximum Gasteiger partial charge on any atom is 0.230 e. The highest BCUT2D eigenvalue weighted by Gasteiger charge is 2.32. The lowest BCUT2D eigenvalue weighted by Crippen LogP contribution is -2.28. The quantitative estimate of drug-likeness (QED) is 0.707. The Bertz CT molecular complexity index is 1010. The van der Waals surface area contributed by atoms with Crippen molar-refractivity contribution in [1.82, 2.24) is 19.9 Å². The Kier molecular flexibility index (Phi) is 5.19. The highest BCUT2D eigenvalue weighted by Crippen LogP contribution is 2.28. The molecule has 0 aliphatic carbocycles. The van der Waals surface area contributed by atoms with Crippen molar-refractivity contribution in [3.63, 3.8) is 0 Å². The molecule has 0 radical (unpaired) electrons. The van der Waals surface area contributed by atoms with E-state index in [4.69, 9.17) is 4.74 Å². The van der Waals surface area contributed by atoms with Gasteiger partial charge >= 0.3 is 0 Å². The van der Waals surface area contributed by atoms with Crippen LogP contribution in [0.4, 0.5) is 9.52 Å². The summed E-state index contributed by atoms with van der Waals surface area (Å²) < 4.78 is 20.2. The monoisotopic (exact) mass is 401 g/mol. The van der Waals surface area contributed by atoms with Crippen LogP contribution in [0.25, 0.3) is 10.9 Å². The summed E-state index contributed by atoms with van der Waals surface area (Å²) in [4.78, 5) is 26.2. The van der Waals surface area contributed by atoms with Crippen LogP contribution in [0.15, 0.2) is 30.6 Å². The number of halogens is 1. The lowest BCUT2D eigenvalue weighted by molar-refractivity contribution is -0.114. The first-order chi connectivity index (χ1) is 13.5. The van der Waals surface area contributed by atoms with Crippen molar-refractivity contribution in [3.05, 3.63) is 41.4 Å². The number of thiazole rings is 1. The largest absolute Gasteiger partial charge is 0.473 e.